The quantitative estimate of drug-likeness (QED) is 0.132. The van der Waals surface area contributed by atoms with Crippen LogP contribution in [0.3, 0.4) is 0 Å². The molecule has 0 radical (unpaired) electrons. The van der Waals surface area contributed by atoms with Crippen molar-refractivity contribution in [3.8, 4) is 0 Å². The van der Waals surface area contributed by atoms with Gasteiger partial charge in [-0.3, -0.25) is 25.0 Å². The molecule has 0 aromatic heterocycles. The maximum atomic E-state index is 13.8. The number of amides is 2. The molecule has 1 aromatic carbocycles. The van der Waals surface area contributed by atoms with Gasteiger partial charge >= 0.3 is 0 Å². The lowest BCUT2D eigenvalue weighted by atomic mass is 9.60. The van der Waals surface area contributed by atoms with Gasteiger partial charge in [-0.05, 0) is 37.2 Å². The third kappa shape index (κ3) is 8.07. The first-order valence-electron chi connectivity index (χ1n) is 11.5. The molecule has 4 atom stereocenters. The van der Waals surface area contributed by atoms with Crippen molar-refractivity contribution in [1.29, 1.82) is 0 Å². The third-order valence-electron chi connectivity index (χ3n) is 5.70. The van der Waals surface area contributed by atoms with Gasteiger partial charge in [-0.2, -0.15) is 0 Å². The number of ketones is 1. The van der Waals surface area contributed by atoms with Gasteiger partial charge in [0.2, 0.25) is 11.8 Å². The van der Waals surface area contributed by atoms with Gasteiger partial charge in [0.15, 0.2) is 0 Å². The maximum absolute atomic E-state index is 13.8. The predicted molar refractivity (Wildman–Crippen MR) is 129 cm³/mol. The number of nitrogens with one attached hydrogen (secondary N) is 2. The SMILES string of the molecule is CC(C)C[C@@H](C(=O)NN)[C@H](C(=O)NO)C(/C=C/c1ccccc1)(CC(C)C)C(=O)CC(C)N. The highest BCUT2D eigenvalue weighted by Gasteiger charge is 2.52. The summed E-state index contributed by atoms with van der Waals surface area (Å²) in [6, 6.07) is 8.94. The fourth-order valence-electron chi connectivity index (χ4n) is 4.50. The standard InChI is InChI=1S/C25H40N4O4/c1-16(2)13-20(23(31)28-27)22(24(32)29-33)25(15-17(3)4,21(30)14-18(5)26)12-11-19-9-7-6-8-10-19/h6-12,16-18,20,22,33H,13-15,26-27H2,1-5H3,(H,28,31)(H,29,32)/b12-11+/t18?,20-,22-,25?/m1/s1. The zero-order valence-corrected chi connectivity index (χ0v) is 20.4. The van der Waals surface area contributed by atoms with Crippen molar-refractivity contribution in [3.63, 3.8) is 0 Å². The molecular formula is C25H40N4O4. The summed E-state index contributed by atoms with van der Waals surface area (Å²) in [6.07, 6.45) is 4.09. The van der Waals surface area contributed by atoms with E-state index in [0.717, 1.165) is 5.56 Å². The van der Waals surface area contributed by atoms with Crippen molar-refractivity contribution in [1.82, 2.24) is 10.9 Å². The summed E-state index contributed by atoms with van der Waals surface area (Å²) in [6.45, 7) is 9.44. The minimum Gasteiger partial charge on any atom is -0.328 e. The first kappa shape index (κ1) is 28.5. The lowest BCUT2D eigenvalue weighted by molar-refractivity contribution is -0.151. The van der Waals surface area contributed by atoms with E-state index in [-0.39, 0.29) is 30.5 Å². The van der Waals surface area contributed by atoms with Gasteiger partial charge in [-0.15, -0.1) is 0 Å². The Bertz CT molecular complexity index is 808. The van der Waals surface area contributed by atoms with Crippen LogP contribution in [0.4, 0.5) is 0 Å². The molecular weight excluding hydrogens is 420 g/mol. The van der Waals surface area contributed by atoms with Crippen LogP contribution in [0.15, 0.2) is 36.4 Å². The van der Waals surface area contributed by atoms with Crippen LogP contribution in [-0.2, 0) is 14.4 Å². The Balaban J connectivity index is 3.88. The minimum absolute atomic E-state index is 0.00270. The lowest BCUT2D eigenvalue weighted by Crippen LogP contribution is -2.54. The van der Waals surface area contributed by atoms with Crippen molar-refractivity contribution >= 4 is 23.7 Å². The molecule has 1 aromatic rings. The van der Waals surface area contributed by atoms with E-state index in [2.05, 4.69) is 5.43 Å². The van der Waals surface area contributed by atoms with Crippen LogP contribution >= 0.6 is 0 Å². The van der Waals surface area contributed by atoms with Gasteiger partial charge in [0.25, 0.3) is 0 Å². The summed E-state index contributed by atoms with van der Waals surface area (Å²) in [7, 11) is 0. The molecule has 7 N–H and O–H groups in total. The second kappa shape index (κ2) is 13.2. The van der Waals surface area contributed by atoms with Crippen LogP contribution in [0.5, 0.6) is 0 Å². The molecule has 0 spiro atoms. The highest BCUT2D eigenvalue weighted by Crippen LogP contribution is 2.45. The second-order valence-corrected chi connectivity index (χ2v) is 9.69. The molecule has 8 heteroatoms. The van der Waals surface area contributed by atoms with E-state index in [4.69, 9.17) is 11.6 Å². The van der Waals surface area contributed by atoms with E-state index in [1.165, 1.54) is 0 Å². The molecule has 33 heavy (non-hydrogen) atoms. The minimum atomic E-state index is -1.39. The number of rotatable bonds is 13. The van der Waals surface area contributed by atoms with Crippen LogP contribution in [-0.4, -0.2) is 28.8 Å². The topological polar surface area (TPSA) is 148 Å². The second-order valence-electron chi connectivity index (χ2n) is 9.69. The van der Waals surface area contributed by atoms with Gasteiger partial charge in [-0.25, -0.2) is 11.3 Å². The monoisotopic (exact) mass is 460 g/mol. The van der Waals surface area contributed by atoms with E-state index in [9.17, 15) is 19.6 Å². The van der Waals surface area contributed by atoms with Gasteiger partial charge < -0.3 is 5.73 Å². The van der Waals surface area contributed by atoms with Crippen LogP contribution in [0.25, 0.3) is 6.08 Å². The van der Waals surface area contributed by atoms with Crippen molar-refractivity contribution in [2.45, 2.75) is 59.9 Å². The molecule has 0 bridgehead atoms. The van der Waals surface area contributed by atoms with E-state index >= 15 is 0 Å². The molecule has 0 aliphatic heterocycles. The van der Waals surface area contributed by atoms with Gasteiger partial charge in [0.1, 0.15) is 5.78 Å². The van der Waals surface area contributed by atoms with E-state index in [0.29, 0.717) is 6.42 Å². The number of hydrazine groups is 1. The highest BCUT2D eigenvalue weighted by atomic mass is 16.5. The molecule has 2 unspecified atom stereocenters. The summed E-state index contributed by atoms with van der Waals surface area (Å²) in [5.41, 5.74) is 9.29. The zero-order valence-electron chi connectivity index (χ0n) is 20.4. The number of benzene rings is 1. The molecule has 0 fully saturated rings. The number of Topliss-reactive ketones (excluding diaryl/α,β-unsaturated/α-hetero) is 1. The Morgan fingerprint density at radius 2 is 1.64 bits per heavy atom. The Labute approximate surface area is 197 Å². The van der Waals surface area contributed by atoms with Crippen molar-refractivity contribution in [3.05, 3.63) is 42.0 Å². The molecule has 184 valence electrons. The Kier molecular flexibility index (Phi) is 11.4. The number of allylic oxidation sites excluding steroid dienone is 1. The molecule has 0 aliphatic rings. The average molecular weight is 461 g/mol. The molecule has 8 nitrogen and oxygen atoms in total. The highest BCUT2D eigenvalue weighted by molar-refractivity contribution is 5.97. The number of carbonyl (C=O) groups excluding carboxylic acids is 3. The number of hydrogen-bond donors (Lipinski definition) is 5. The third-order valence-corrected chi connectivity index (χ3v) is 5.70. The van der Waals surface area contributed by atoms with Crippen LogP contribution in [0.2, 0.25) is 0 Å². The van der Waals surface area contributed by atoms with Crippen LogP contribution in [0.1, 0.15) is 59.4 Å². The van der Waals surface area contributed by atoms with Gasteiger partial charge in [-0.1, -0.05) is 70.2 Å². The molecule has 2 amide bonds. The number of hydroxylamine groups is 1. The number of hydrogen-bond acceptors (Lipinski definition) is 6. The normalized spacial score (nSPS) is 16.3. The maximum Gasteiger partial charge on any atom is 0.248 e. The molecule has 0 aliphatic carbocycles. The number of nitrogens with two attached hydrogens (primary N) is 2. The summed E-state index contributed by atoms with van der Waals surface area (Å²) in [5.74, 6) is 1.74. The Morgan fingerprint density at radius 3 is 2.09 bits per heavy atom. The molecule has 0 saturated carbocycles. The van der Waals surface area contributed by atoms with E-state index in [1.807, 2.05) is 58.0 Å². The fourth-order valence-corrected chi connectivity index (χ4v) is 4.50. The summed E-state index contributed by atoms with van der Waals surface area (Å²) in [5, 5.41) is 9.67. The zero-order chi connectivity index (χ0) is 25.2. The molecule has 0 saturated heterocycles. The van der Waals surface area contributed by atoms with Crippen molar-refractivity contribution < 1.29 is 19.6 Å². The first-order chi connectivity index (χ1) is 15.5. The summed E-state index contributed by atoms with van der Waals surface area (Å²) in [4.78, 5) is 39.9. The molecule has 0 heterocycles. The predicted octanol–water partition coefficient (Wildman–Crippen LogP) is 2.81. The van der Waals surface area contributed by atoms with Gasteiger partial charge in [0, 0.05) is 12.5 Å². The summed E-state index contributed by atoms with van der Waals surface area (Å²) < 4.78 is 0. The Hall–Kier alpha value is -2.55. The van der Waals surface area contributed by atoms with E-state index in [1.54, 1.807) is 24.6 Å². The summed E-state index contributed by atoms with van der Waals surface area (Å²) >= 11 is 0. The van der Waals surface area contributed by atoms with E-state index < -0.39 is 35.1 Å². The Morgan fingerprint density at radius 1 is 1.03 bits per heavy atom. The van der Waals surface area contributed by atoms with Gasteiger partial charge in [0.05, 0.1) is 17.3 Å². The van der Waals surface area contributed by atoms with Crippen molar-refractivity contribution in [2.75, 3.05) is 0 Å². The van der Waals surface area contributed by atoms with Crippen molar-refractivity contribution in [2.24, 2.45) is 40.7 Å². The largest absolute Gasteiger partial charge is 0.328 e. The first-order valence-corrected chi connectivity index (χ1v) is 11.5. The average Bonchev–Trinajstić information content (AvgIpc) is 2.75. The number of carbonyl (C=O) groups is 3. The fraction of sp³-hybridized carbons (Fsp3) is 0.560. The van der Waals surface area contributed by atoms with Crippen LogP contribution in [0, 0.1) is 29.1 Å². The van der Waals surface area contributed by atoms with Crippen LogP contribution < -0.4 is 22.5 Å². The molecule has 1 rings (SSSR count). The lowest BCUT2D eigenvalue weighted by Gasteiger charge is -2.41. The smallest absolute Gasteiger partial charge is 0.248 e.